The summed E-state index contributed by atoms with van der Waals surface area (Å²) in [5.41, 5.74) is 0.852. The molecule has 0 nitrogen and oxygen atoms in total. The lowest BCUT2D eigenvalue weighted by Gasteiger charge is -2.09. The van der Waals surface area contributed by atoms with Crippen molar-refractivity contribution in [3.8, 4) is 0 Å². The van der Waals surface area contributed by atoms with Gasteiger partial charge >= 0.3 is 0 Å². The molecule has 0 spiro atoms. The molecule has 0 bridgehead atoms. The van der Waals surface area contributed by atoms with Crippen molar-refractivity contribution in [2.45, 2.75) is 11.8 Å². The number of hydrogen-bond acceptors (Lipinski definition) is 1. The second-order valence-corrected chi connectivity index (χ2v) is 6.48. The molecule has 0 radical (unpaired) electrons. The third kappa shape index (κ3) is 2.97. The minimum absolute atomic E-state index is 0.151. The van der Waals surface area contributed by atoms with E-state index >= 15 is 0 Å². The second-order valence-electron chi connectivity index (χ2n) is 3.66. The van der Waals surface area contributed by atoms with Crippen molar-refractivity contribution in [2.24, 2.45) is 0 Å². The van der Waals surface area contributed by atoms with E-state index < -0.39 is 17.0 Å². The Labute approximate surface area is 122 Å². The van der Waals surface area contributed by atoms with Gasteiger partial charge in [-0.3, -0.25) is 0 Å². The summed E-state index contributed by atoms with van der Waals surface area (Å²) in [5, 5.41) is -0.544. The Balaban J connectivity index is 2.24. The molecule has 1 aromatic carbocycles. The van der Waals surface area contributed by atoms with Gasteiger partial charge in [0.05, 0.1) is 14.0 Å². The Morgan fingerprint density at radius 1 is 1.22 bits per heavy atom. The maximum Gasteiger partial charge on any atom is 0.162 e. The van der Waals surface area contributed by atoms with Gasteiger partial charge in [0.15, 0.2) is 11.6 Å². The average Bonchev–Trinajstić information content (AvgIpc) is 2.64. The summed E-state index contributed by atoms with van der Waals surface area (Å²) in [6.45, 7) is 0. The van der Waals surface area contributed by atoms with Crippen molar-refractivity contribution in [1.82, 2.24) is 0 Å². The van der Waals surface area contributed by atoms with Crippen molar-refractivity contribution < 1.29 is 8.78 Å². The fraction of sp³-hybridized carbons (Fsp3) is 0.167. The molecule has 1 aromatic heterocycles. The lowest BCUT2D eigenvalue weighted by Crippen LogP contribution is -1.99. The zero-order valence-electron chi connectivity index (χ0n) is 8.89. The first-order valence-electron chi connectivity index (χ1n) is 5.00. The van der Waals surface area contributed by atoms with Gasteiger partial charge in [0, 0.05) is 5.56 Å². The molecule has 0 N–H and O–H groups in total. The second kappa shape index (κ2) is 5.74. The number of benzene rings is 1. The van der Waals surface area contributed by atoms with E-state index in [0.717, 1.165) is 6.07 Å². The van der Waals surface area contributed by atoms with E-state index in [9.17, 15) is 8.78 Å². The van der Waals surface area contributed by atoms with E-state index in [2.05, 4.69) is 0 Å². The van der Waals surface area contributed by atoms with Gasteiger partial charge in [0.2, 0.25) is 0 Å². The van der Waals surface area contributed by atoms with Gasteiger partial charge in [-0.05, 0) is 24.1 Å². The van der Waals surface area contributed by atoms with Crippen LogP contribution in [0, 0.1) is 11.6 Å². The molecule has 0 amide bonds. The van der Waals surface area contributed by atoms with Gasteiger partial charge in [0.25, 0.3) is 0 Å². The number of thiophene rings is 1. The molecule has 0 aliphatic carbocycles. The first kappa shape index (κ1) is 14.1. The Bertz CT molecular complexity index is 568. The molecular weight excluding hydrogens is 321 g/mol. The molecule has 1 heterocycles. The summed E-state index contributed by atoms with van der Waals surface area (Å²) in [6.07, 6.45) is 0.151. The van der Waals surface area contributed by atoms with E-state index in [1.54, 1.807) is 6.07 Å². The SMILES string of the molecule is Fc1cccc(CC(Cl)c2cc(Cl)sc2Cl)c1F. The minimum Gasteiger partial charge on any atom is -0.204 e. The van der Waals surface area contributed by atoms with Gasteiger partial charge in [-0.2, -0.15) is 0 Å². The summed E-state index contributed by atoms with van der Waals surface area (Å²) in [5.74, 6) is -1.76. The van der Waals surface area contributed by atoms with Gasteiger partial charge in [-0.15, -0.1) is 22.9 Å². The number of rotatable bonds is 3. The first-order valence-corrected chi connectivity index (χ1v) is 7.01. The molecule has 0 aliphatic rings. The lowest BCUT2D eigenvalue weighted by atomic mass is 10.1. The van der Waals surface area contributed by atoms with E-state index in [1.165, 1.54) is 23.5 Å². The molecule has 18 heavy (non-hydrogen) atoms. The summed E-state index contributed by atoms with van der Waals surface area (Å²) in [6, 6.07) is 5.65. The molecule has 1 unspecified atom stereocenters. The Kier molecular flexibility index (Phi) is 4.49. The largest absolute Gasteiger partial charge is 0.204 e. The quantitative estimate of drug-likeness (QED) is 0.620. The van der Waals surface area contributed by atoms with Crippen LogP contribution in [0.15, 0.2) is 24.3 Å². The summed E-state index contributed by atoms with van der Waals surface area (Å²) >= 11 is 19.1. The van der Waals surface area contributed by atoms with Crippen LogP contribution in [0.2, 0.25) is 8.67 Å². The predicted molar refractivity (Wildman–Crippen MR) is 73.0 cm³/mol. The van der Waals surface area contributed by atoms with E-state index in [4.69, 9.17) is 34.8 Å². The molecule has 6 heteroatoms. The maximum absolute atomic E-state index is 13.5. The van der Waals surface area contributed by atoms with Crippen LogP contribution in [-0.2, 0) is 6.42 Å². The van der Waals surface area contributed by atoms with Crippen molar-refractivity contribution in [1.29, 1.82) is 0 Å². The van der Waals surface area contributed by atoms with Crippen LogP contribution < -0.4 is 0 Å². The zero-order valence-corrected chi connectivity index (χ0v) is 12.0. The van der Waals surface area contributed by atoms with Gasteiger partial charge in [-0.25, -0.2) is 8.78 Å². The molecule has 0 saturated carbocycles. The van der Waals surface area contributed by atoms with Crippen LogP contribution in [0.3, 0.4) is 0 Å². The Morgan fingerprint density at radius 2 is 1.94 bits per heavy atom. The monoisotopic (exact) mass is 326 g/mol. The van der Waals surface area contributed by atoms with E-state index in [0.29, 0.717) is 14.2 Å². The van der Waals surface area contributed by atoms with Crippen molar-refractivity contribution in [3.05, 3.63) is 55.7 Å². The topological polar surface area (TPSA) is 0 Å². The highest BCUT2D eigenvalue weighted by Gasteiger charge is 2.18. The molecule has 1 atom stereocenters. The molecular formula is C12H7Cl3F2S. The van der Waals surface area contributed by atoms with Crippen LogP contribution >= 0.6 is 46.1 Å². The summed E-state index contributed by atoms with van der Waals surface area (Å²) in [4.78, 5) is 0. The van der Waals surface area contributed by atoms with Crippen LogP contribution in [-0.4, -0.2) is 0 Å². The highest BCUT2D eigenvalue weighted by molar-refractivity contribution is 7.20. The molecule has 0 fully saturated rings. The summed E-state index contributed by atoms with van der Waals surface area (Å²) in [7, 11) is 0. The van der Waals surface area contributed by atoms with Crippen molar-refractivity contribution >= 4 is 46.1 Å². The van der Waals surface area contributed by atoms with Crippen LogP contribution in [0.4, 0.5) is 8.78 Å². The number of alkyl halides is 1. The molecule has 96 valence electrons. The van der Waals surface area contributed by atoms with Gasteiger partial charge < -0.3 is 0 Å². The van der Waals surface area contributed by atoms with E-state index in [-0.39, 0.29) is 12.0 Å². The molecule has 2 aromatic rings. The predicted octanol–water partition coefficient (Wildman–Crippen LogP) is 5.86. The lowest BCUT2D eigenvalue weighted by molar-refractivity contribution is 0.498. The molecule has 2 rings (SSSR count). The number of hydrogen-bond donors (Lipinski definition) is 0. The number of halogens is 5. The standard InChI is InChI=1S/C12H7Cl3F2S/c13-8(7-5-10(14)18-12(7)15)4-6-2-1-3-9(16)11(6)17/h1-3,5,8H,4H2. The Hall–Kier alpha value is -0.350. The van der Waals surface area contributed by atoms with Crippen LogP contribution in [0.25, 0.3) is 0 Å². The van der Waals surface area contributed by atoms with Gasteiger partial charge in [0.1, 0.15) is 0 Å². The first-order chi connectivity index (χ1) is 8.49. The average molecular weight is 328 g/mol. The highest BCUT2D eigenvalue weighted by Crippen LogP contribution is 2.39. The normalized spacial score (nSPS) is 12.7. The van der Waals surface area contributed by atoms with Crippen molar-refractivity contribution in [3.63, 3.8) is 0 Å². The smallest absolute Gasteiger partial charge is 0.162 e. The van der Waals surface area contributed by atoms with Crippen LogP contribution in [0.1, 0.15) is 16.5 Å². The fourth-order valence-electron chi connectivity index (χ4n) is 1.58. The molecule has 0 saturated heterocycles. The molecule has 0 aliphatic heterocycles. The Morgan fingerprint density at radius 3 is 2.56 bits per heavy atom. The fourth-order valence-corrected chi connectivity index (χ4v) is 3.61. The highest BCUT2D eigenvalue weighted by atomic mass is 35.5. The van der Waals surface area contributed by atoms with Crippen molar-refractivity contribution in [2.75, 3.05) is 0 Å². The minimum atomic E-state index is -0.884. The van der Waals surface area contributed by atoms with Gasteiger partial charge in [-0.1, -0.05) is 35.3 Å². The maximum atomic E-state index is 13.5. The summed E-state index contributed by atoms with van der Waals surface area (Å²) < 4.78 is 27.5. The third-order valence-electron chi connectivity index (χ3n) is 2.45. The van der Waals surface area contributed by atoms with E-state index in [1.807, 2.05) is 0 Å². The zero-order chi connectivity index (χ0) is 13.3. The third-order valence-corrected chi connectivity index (χ3v) is 4.36. The van der Waals surface area contributed by atoms with Crippen LogP contribution in [0.5, 0.6) is 0 Å².